The number of hydrogen-bond donors (Lipinski definition) is 1. The van der Waals surface area contributed by atoms with Crippen LogP contribution in [0.1, 0.15) is 44.1 Å². The summed E-state index contributed by atoms with van der Waals surface area (Å²) in [6, 6.07) is 6.93. The molecule has 1 aromatic carbocycles. The van der Waals surface area contributed by atoms with Crippen LogP contribution in [0.3, 0.4) is 0 Å². The van der Waals surface area contributed by atoms with Crippen LogP contribution in [0.2, 0.25) is 0 Å². The molecule has 1 aliphatic carbocycles. The van der Waals surface area contributed by atoms with Crippen LogP contribution in [-0.4, -0.2) is 6.04 Å². The minimum atomic E-state index is -0.173. The van der Waals surface area contributed by atoms with Gasteiger partial charge in [0.05, 0.1) is 0 Å². The van der Waals surface area contributed by atoms with Crippen molar-refractivity contribution in [3.05, 3.63) is 35.6 Å². The molecule has 2 N–H and O–H groups in total. The molecular weight excluding hydrogens is 213 g/mol. The van der Waals surface area contributed by atoms with Gasteiger partial charge in [-0.1, -0.05) is 37.8 Å². The van der Waals surface area contributed by atoms with Gasteiger partial charge in [0, 0.05) is 6.04 Å². The molecule has 94 valence electrons. The van der Waals surface area contributed by atoms with Gasteiger partial charge in [0.25, 0.3) is 0 Å². The van der Waals surface area contributed by atoms with Crippen LogP contribution < -0.4 is 5.73 Å². The van der Waals surface area contributed by atoms with Crippen molar-refractivity contribution in [1.29, 1.82) is 0 Å². The van der Waals surface area contributed by atoms with Crippen molar-refractivity contribution in [3.63, 3.8) is 0 Å². The van der Waals surface area contributed by atoms with Crippen LogP contribution in [0.5, 0.6) is 0 Å². The van der Waals surface area contributed by atoms with Crippen molar-refractivity contribution in [3.8, 4) is 0 Å². The van der Waals surface area contributed by atoms with E-state index in [0.717, 1.165) is 24.3 Å². The van der Waals surface area contributed by atoms with Crippen LogP contribution in [0.4, 0.5) is 4.39 Å². The molecule has 0 aliphatic heterocycles. The van der Waals surface area contributed by atoms with Gasteiger partial charge < -0.3 is 5.73 Å². The molecule has 0 radical (unpaired) electrons. The van der Waals surface area contributed by atoms with Crippen molar-refractivity contribution in [2.24, 2.45) is 11.7 Å². The Bertz CT molecular complexity index is 327. The lowest BCUT2D eigenvalue weighted by molar-refractivity contribution is 0.447. The Morgan fingerprint density at radius 3 is 2.47 bits per heavy atom. The highest BCUT2D eigenvalue weighted by Crippen LogP contribution is 2.29. The molecule has 0 amide bonds. The smallest absolute Gasteiger partial charge is 0.123 e. The van der Waals surface area contributed by atoms with Crippen LogP contribution in [0.15, 0.2) is 24.3 Å². The molecule has 1 atom stereocenters. The van der Waals surface area contributed by atoms with Crippen molar-refractivity contribution in [1.82, 2.24) is 0 Å². The largest absolute Gasteiger partial charge is 0.327 e. The van der Waals surface area contributed by atoms with Gasteiger partial charge in [-0.3, -0.25) is 0 Å². The van der Waals surface area contributed by atoms with Crippen LogP contribution >= 0.6 is 0 Å². The summed E-state index contributed by atoms with van der Waals surface area (Å²) in [5.41, 5.74) is 7.27. The average Bonchev–Trinajstić information content (AvgIpc) is 2.83. The van der Waals surface area contributed by atoms with E-state index in [2.05, 4.69) is 0 Å². The quantitative estimate of drug-likeness (QED) is 0.828. The Morgan fingerprint density at radius 2 is 1.82 bits per heavy atom. The van der Waals surface area contributed by atoms with Crippen molar-refractivity contribution >= 4 is 0 Å². The first kappa shape index (κ1) is 12.6. The Kier molecular flexibility index (Phi) is 4.55. The van der Waals surface area contributed by atoms with Crippen LogP contribution in [0.25, 0.3) is 0 Å². The van der Waals surface area contributed by atoms with E-state index >= 15 is 0 Å². The SMILES string of the molecule is NC(CCC1CCCC1)Cc1ccc(F)cc1. The van der Waals surface area contributed by atoms with Crippen LogP contribution in [-0.2, 0) is 6.42 Å². The second kappa shape index (κ2) is 6.15. The molecule has 1 nitrogen and oxygen atoms in total. The van der Waals surface area contributed by atoms with E-state index in [-0.39, 0.29) is 11.9 Å². The summed E-state index contributed by atoms with van der Waals surface area (Å²) in [7, 11) is 0. The molecule has 17 heavy (non-hydrogen) atoms. The zero-order valence-electron chi connectivity index (χ0n) is 10.4. The predicted molar refractivity (Wildman–Crippen MR) is 69.3 cm³/mol. The lowest BCUT2D eigenvalue weighted by Gasteiger charge is -2.14. The van der Waals surface area contributed by atoms with Gasteiger partial charge in [-0.05, 0) is 42.9 Å². The normalized spacial score (nSPS) is 18.5. The summed E-state index contributed by atoms with van der Waals surface area (Å²) in [5, 5.41) is 0. The Labute approximate surface area is 103 Å². The van der Waals surface area contributed by atoms with Crippen LogP contribution in [0, 0.1) is 11.7 Å². The lowest BCUT2D eigenvalue weighted by atomic mass is 9.95. The van der Waals surface area contributed by atoms with E-state index in [4.69, 9.17) is 5.73 Å². The summed E-state index contributed by atoms with van der Waals surface area (Å²) in [4.78, 5) is 0. The summed E-state index contributed by atoms with van der Waals surface area (Å²) in [6.07, 6.45) is 8.82. The maximum atomic E-state index is 12.7. The fraction of sp³-hybridized carbons (Fsp3) is 0.600. The number of hydrogen-bond acceptors (Lipinski definition) is 1. The zero-order valence-corrected chi connectivity index (χ0v) is 10.4. The van der Waals surface area contributed by atoms with E-state index in [9.17, 15) is 4.39 Å². The minimum Gasteiger partial charge on any atom is -0.327 e. The van der Waals surface area contributed by atoms with Gasteiger partial charge in [-0.15, -0.1) is 0 Å². The van der Waals surface area contributed by atoms with Gasteiger partial charge >= 0.3 is 0 Å². The fourth-order valence-corrected chi connectivity index (χ4v) is 2.77. The molecule has 0 spiro atoms. The van der Waals surface area contributed by atoms with Gasteiger partial charge in [-0.25, -0.2) is 4.39 Å². The Balaban J connectivity index is 1.72. The molecule has 1 aromatic rings. The molecule has 1 unspecified atom stereocenters. The number of halogens is 1. The van der Waals surface area contributed by atoms with E-state index in [1.54, 1.807) is 0 Å². The minimum absolute atomic E-state index is 0.173. The average molecular weight is 235 g/mol. The van der Waals surface area contributed by atoms with E-state index in [0.29, 0.717) is 0 Å². The van der Waals surface area contributed by atoms with Gasteiger partial charge in [0.1, 0.15) is 5.82 Å². The Morgan fingerprint density at radius 1 is 1.18 bits per heavy atom. The lowest BCUT2D eigenvalue weighted by Crippen LogP contribution is -2.23. The third-order valence-corrected chi connectivity index (χ3v) is 3.83. The third kappa shape index (κ3) is 4.12. The van der Waals surface area contributed by atoms with Crippen molar-refractivity contribution in [2.45, 2.75) is 51.0 Å². The highest BCUT2D eigenvalue weighted by Gasteiger charge is 2.16. The first-order valence-electron chi connectivity index (χ1n) is 6.74. The molecule has 2 rings (SSSR count). The van der Waals surface area contributed by atoms with Gasteiger partial charge in [-0.2, -0.15) is 0 Å². The molecule has 0 aromatic heterocycles. The van der Waals surface area contributed by atoms with E-state index < -0.39 is 0 Å². The monoisotopic (exact) mass is 235 g/mol. The molecule has 0 saturated heterocycles. The molecule has 1 saturated carbocycles. The molecule has 1 aliphatic rings. The topological polar surface area (TPSA) is 26.0 Å². The first-order valence-corrected chi connectivity index (χ1v) is 6.74. The summed E-state index contributed by atoms with van der Waals surface area (Å²) >= 11 is 0. The highest BCUT2D eigenvalue weighted by molar-refractivity contribution is 5.17. The maximum absolute atomic E-state index is 12.7. The first-order chi connectivity index (χ1) is 8.24. The Hall–Kier alpha value is -0.890. The molecule has 2 heteroatoms. The van der Waals surface area contributed by atoms with Gasteiger partial charge in [0.15, 0.2) is 0 Å². The van der Waals surface area contributed by atoms with E-state index in [1.165, 1.54) is 44.2 Å². The maximum Gasteiger partial charge on any atom is 0.123 e. The highest BCUT2D eigenvalue weighted by atomic mass is 19.1. The summed E-state index contributed by atoms with van der Waals surface area (Å²) < 4.78 is 12.7. The molecule has 0 bridgehead atoms. The van der Waals surface area contributed by atoms with E-state index in [1.807, 2.05) is 12.1 Å². The molecular formula is C15H22FN. The molecule has 1 fully saturated rings. The second-order valence-electron chi connectivity index (χ2n) is 5.32. The second-order valence-corrected chi connectivity index (χ2v) is 5.32. The number of nitrogens with two attached hydrogens (primary N) is 1. The zero-order chi connectivity index (χ0) is 12.1. The van der Waals surface area contributed by atoms with Crippen molar-refractivity contribution in [2.75, 3.05) is 0 Å². The fourth-order valence-electron chi connectivity index (χ4n) is 2.77. The number of benzene rings is 1. The van der Waals surface area contributed by atoms with Gasteiger partial charge in [0.2, 0.25) is 0 Å². The summed E-state index contributed by atoms with van der Waals surface area (Å²) in [6.45, 7) is 0. The summed E-state index contributed by atoms with van der Waals surface area (Å²) in [5.74, 6) is 0.738. The third-order valence-electron chi connectivity index (χ3n) is 3.83. The standard InChI is InChI=1S/C15H22FN/c16-14-8-5-13(6-9-14)11-15(17)10-7-12-3-1-2-4-12/h5-6,8-9,12,15H,1-4,7,10-11,17H2. The number of rotatable bonds is 5. The predicted octanol–water partition coefficient (Wildman–Crippen LogP) is 3.67. The van der Waals surface area contributed by atoms with Crippen molar-refractivity contribution < 1.29 is 4.39 Å². The molecule has 0 heterocycles.